The van der Waals surface area contributed by atoms with Gasteiger partial charge in [-0.3, -0.25) is 19.0 Å². The summed E-state index contributed by atoms with van der Waals surface area (Å²) < 4.78 is 6.13. The molecular formula is C12H16N2O4S. The highest BCUT2D eigenvalue weighted by atomic mass is 32.1. The molecule has 0 aliphatic carbocycles. The van der Waals surface area contributed by atoms with Crippen LogP contribution in [0.15, 0.2) is 10.2 Å². The van der Waals surface area contributed by atoms with Crippen LogP contribution in [-0.4, -0.2) is 41.5 Å². The standard InChI is InChI=1S/C12H16N2O4S/c1-8-7-19-12(17)14(8)6-10(15)13-4-3-9(5-13)11(16)18-2/h7,9H,3-6H2,1-2H3. The molecule has 19 heavy (non-hydrogen) atoms. The average Bonchev–Trinajstić information content (AvgIpc) is 3.00. The predicted octanol–water partition coefficient (Wildman–Crippen LogP) is 0.240. The first-order chi connectivity index (χ1) is 9.02. The van der Waals surface area contributed by atoms with Gasteiger partial charge in [-0.05, 0) is 13.3 Å². The van der Waals surface area contributed by atoms with Gasteiger partial charge in [0.25, 0.3) is 0 Å². The largest absolute Gasteiger partial charge is 0.469 e. The number of thiazole rings is 1. The molecule has 0 bridgehead atoms. The number of nitrogens with zero attached hydrogens (tertiary/aromatic N) is 2. The van der Waals surface area contributed by atoms with Gasteiger partial charge in [-0.2, -0.15) is 0 Å². The third kappa shape index (κ3) is 2.86. The van der Waals surface area contributed by atoms with Crippen molar-refractivity contribution in [3.8, 4) is 0 Å². The average molecular weight is 284 g/mol. The van der Waals surface area contributed by atoms with E-state index >= 15 is 0 Å². The van der Waals surface area contributed by atoms with Crippen LogP contribution in [0.5, 0.6) is 0 Å². The van der Waals surface area contributed by atoms with E-state index in [4.69, 9.17) is 0 Å². The number of methoxy groups -OCH3 is 1. The molecule has 1 aliphatic rings. The maximum Gasteiger partial charge on any atom is 0.310 e. The zero-order valence-corrected chi connectivity index (χ0v) is 11.7. The Morgan fingerprint density at radius 1 is 1.53 bits per heavy atom. The van der Waals surface area contributed by atoms with E-state index in [1.807, 2.05) is 0 Å². The minimum Gasteiger partial charge on any atom is -0.469 e. The molecule has 0 spiro atoms. The molecule has 1 aliphatic heterocycles. The van der Waals surface area contributed by atoms with E-state index in [1.165, 1.54) is 11.7 Å². The summed E-state index contributed by atoms with van der Waals surface area (Å²) in [4.78, 5) is 36.5. The summed E-state index contributed by atoms with van der Waals surface area (Å²) >= 11 is 1.09. The summed E-state index contributed by atoms with van der Waals surface area (Å²) in [5.41, 5.74) is 0.784. The van der Waals surface area contributed by atoms with E-state index in [1.54, 1.807) is 17.2 Å². The Balaban J connectivity index is 1.99. The van der Waals surface area contributed by atoms with Crippen molar-refractivity contribution in [2.24, 2.45) is 5.92 Å². The van der Waals surface area contributed by atoms with E-state index in [0.29, 0.717) is 19.5 Å². The predicted molar refractivity (Wildman–Crippen MR) is 70.0 cm³/mol. The van der Waals surface area contributed by atoms with E-state index in [-0.39, 0.29) is 29.2 Å². The summed E-state index contributed by atoms with van der Waals surface area (Å²) in [6.45, 7) is 2.76. The van der Waals surface area contributed by atoms with E-state index in [2.05, 4.69) is 4.74 Å². The van der Waals surface area contributed by atoms with E-state index < -0.39 is 0 Å². The molecule has 104 valence electrons. The first-order valence-corrected chi connectivity index (χ1v) is 6.91. The lowest BCUT2D eigenvalue weighted by molar-refractivity contribution is -0.145. The number of ether oxygens (including phenoxy) is 1. The zero-order chi connectivity index (χ0) is 14.0. The molecule has 1 atom stereocenters. The van der Waals surface area contributed by atoms with Crippen molar-refractivity contribution in [1.82, 2.24) is 9.47 Å². The molecule has 1 fully saturated rings. The van der Waals surface area contributed by atoms with Crippen molar-refractivity contribution >= 4 is 23.2 Å². The quantitative estimate of drug-likeness (QED) is 0.746. The van der Waals surface area contributed by atoms with Gasteiger partial charge in [0.2, 0.25) is 5.91 Å². The van der Waals surface area contributed by atoms with Crippen LogP contribution in [0.25, 0.3) is 0 Å². The van der Waals surface area contributed by atoms with Crippen molar-refractivity contribution in [3.05, 3.63) is 20.7 Å². The monoisotopic (exact) mass is 284 g/mol. The van der Waals surface area contributed by atoms with Crippen molar-refractivity contribution in [2.75, 3.05) is 20.2 Å². The lowest BCUT2D eigenvalue weighted by atomic mass is 10.1. The molecule has 6 nitrogen and oxygen atoms in total. The Morgan fingerprint density at radius 3 is 2.84 bits per heavy atom. The van der Waals surface area contributed by atoms with Gasteiger partial charge in [0, 0.05) is 24.2 Å². The summed E-state index contributed by atoms with van der Waals surface area (Å²) in [6.07, 6.45) is 0.621. The molecule has 0 aromatic carbocycles. The highest BCUT2D eigenvalue weighted by molar-refractivity contribution is 7.07. The molecule has 1 aromatic heterocycles. The van der Waals surface area contributed by atoms with Gasteiger partial charge in [-0.1, -0.05) is 11.3 Å². The summed E-state index contributed by atoms with van der Waals surface area (Å²) in [5, 5.41) is 1.73. The number of esters is 1. The second-order valence-corrected chi connectivity index (χ2v) is 5.40. The van der Waals surface area contributed by atoms with Crippen molar-refractivity contribution in [1.29, 1.82) is 0 Å². The van der Waals surface area contributed by atoms with Crippen LogP contribution in [0.1, 0.15) is 12.1 Å². The molecule has 0 N–H and O–H groups in total. The summed E-state index contributed by atoms with van der Waals surface area (Å²) in [6, 6.07) is 0. The number of aryl methyl sites for hydroxylation is 1. The first kappa shape index (κ1) is 13.8. The Bertz CT molecular complexity index is 548. The van der Waals surface area contributed by atoms with Crippen LogP contribution in [0.2, 0.25) is 0 Å². The van der Waals surface area contributed by atoms with Gasteiger partial charge in [0.15, 0.2) is 0 Å². The first-order valence-electron chi connectivity index (χ1n) is 6.03. The second kappa shape index (κ2) is 5.56. The lowest BCUT2D eigenvalue weighted by Crippen LogP contribution is -2.35. The van der Waals surface area contributed by atoms with Crippen molar-refractivity contribution in [2.45, 2.75) is 19.9 Å². The molecule has 1 aromatic rings. The number of hydrogen-bond donors (Lipinski definition) is 0. The SMILES string of the molecule is COC(=O)C1CCN(C(=O)Cn2c(C)csc2=O)C1. The van der Waals surface area contributed by atoms with Crippen LogP contribution in [0.3, 0.4) is 0 Å². The molecule has 0 radical (unpaired) electrons. The minimum absolute atomic E-state index is 0.0437. The molecule has 1 amide bonds. The highest BCUT2D eigenvalue weighted by Crippen LogP contribution is 2.18. The van der Waals surface area contributed by atoms with Gasteiger partial charge in [0.05, 0.1) is 13.0 Å². The van der Waals surface area contributed by atoms with Gasteiger partial charge in [-0.25, -0.2) is 0 Å². The maximum atomic E-state index is 12.1. The topological polar surface area (TPSA) is 68.6 Å². The summed E-state index contributed by atoms with van der Waals surface area (Å²) in [5.74, 6) is -0.650. The van der Waals surface area contributed by atoms with Gasteiger partial charge in [0.1, 0.15) is 6.54 Å². The number of rotatable bonds is 3. The number of carbonyl (C=O) groups is 2. The molecular weight excluding hydrogens is 268 g/mol. The van der Waals surface area contributed by atoms with E-state index in [0.717, 1.165) is 17.0 Å². The third-order valence-corrected chi connectivity index (χ3v) is 4.23. The Kier molecular flexibility index (Phi) is 4.04. The van der Waals surface area contributed by atoms with Gasteiger partial charge < -0.3 is 9.64 Å². The Hall–Kier alpha value is -1.63. The number of aromatic nitrogens is 1. The molecule has 2 rings (SSSR count). The van der Waals surface area contributed by atoms with Crippen LogP contribution in [-0.2, 0) is 20.9 Å². The van der Waals surface area contributed by atoms with Gasteiger partial charge >= 0.3 is 10.8 Å². The molecule has 1 saturated heterocycles. The highest BCUT2D eigenvalue weighted by Gasteiger charge is 2.31. The smallest absolute Gasteiger partial charge is 0.310 e. The minimum atomic E-state index is -0.279. The number of carbonyl (C=O) groups excluding carboxylic acids is 2. The zero-order valence-electron chi connectivity index (χ0n) is 10.9. The van der Waals surface area contributed by atoms with Crippen LogP contribution in [0.4, 0.5) is 0 Å². The molecule has 1 unspecified atom stereocenters. The van der Waals surface area contributed by atoms with Crippen LogP contribution in [0, 0.1) is 12.8 Å². The fourth-order valence-electron chi connectivity index (χ4n) is 2.18. The Morgan fingerprint density at radius 2 is 2.26 bits per heavy atom. The van der Waals surface area contributed by atoms with E-state index in [9.17, 15) is 14.4 Å². The fourth-order valence-corrected chi connectivity index (χ4v) is 2.91. The number of likely N-dealkylation sites (tertiary alicyclic amines) is 1. The molecule has 0 saturated carbocycles. The maximum absolute atomic E-state index is 12.1. The van der Waals surface area contributed by atoms with Crippen molar-refractivity contribution in [3.63, 3.8) is 0 Å². The number of amides is 1. The molecule has 2 heterocycles. The van der Waals surface area contributed by atoms with Crippen LogP contribution >= 0.6 is 11.3 Å². The fraction of sp³-hybridized carbons (Fsp3) is 0.583. The second-order valence-electron chi connectivity index (χ2n) is 4.58. The van der Waals surface area contributed by atoms with Crippen molar-refractivity contribution < 1.29 is 14.3 Å². The molecule has 7 heteroatoms. The normalized spacial score (nSPS) is 18.6. The van der Waals surface area contributed by atoms with Crippen LogP contribution < -0.4 is 4.87 Å². The Labute approximate surface area is 114 Å². The summed E-state index contributed by atoms with van der Waals surface area (Å²) in [7, 11) is 1.35. The number of hydrogen-bond acceptors (Lipinski definition) is 5. The lowest BCUT2D eigenvalue weighted by Gasteiger charge is -2.16. The van der Waals surface area contributed by atoms with Gasteiger partial charge in [-0.15, -0.1) is 0 Å². The third-order valence-electron chi connectivity index (χ3n) is 3.35.